The van der Waals surface area contributed by atoms with Crippen LogP contribution in [0, 0.1) is 0 Å². The van der Waals surface area contributed by atoms with Gasteiger partial charge in [-0.3, -0.25) is 4.79 Å². The van der Waals surface area contributed by atoms with E-state index in [0.717, 1.165) is 22.1 Å². The molecule has 0 radical (unpaired) electrons. The van der Waals surface area contributed by atoms with Crippen LogP contribution in [0.25, 0.3) is 10.8 Å². The normalized spacial score (nSPS) is 17.7. The average molecular weight is 357 g/mol. The summed E-state index contributed by atoms with van der Waals surface area (Å²) in [6, 6.07) is 11.7. The van der Waals surface area contributed by atoms with Crippen molar-refractivity contribution >= 4 is 22.6 Å². The van der Waals surface area contributed by atoms with E-state index in [1.807, 2.05) is 43.3 Å². The summed E-state index contributed by atoms with van der Waals surface area (Å²) in [5.74, 6) is -0.820. The monoisotopic (exact) mass is 357 g/mol. The molecule has 2 N–H and O–H groups in total. The van der Waals surface area contributed by atoms with Crippen molar-refractivity contribution in [3.8, 4) is 5.75 Å². The molecule has 1 fully saturated rings. The van der Waals surface area contributed by atoms with Crippen LogP contribution >= 0.6 is 0 Å². The van der Waals surface area contributed by atoms with Gasteiger partial charge in [0.15, 0.2) is 5.60 Å². The Kier molecular flexibility index (Phi) is 4.87. The van der Waals surface area contributed by atoms with E-state index < -0.39 is 11.6 Å². The second-order valence-corrected chi connectivity index (χ2v) is 6.86. The number of fused-ring (bicyclic) bond motifs is 1. The number of hydrogen-bond acceptors (Lipinski definition) is 4. The van der Waals surface area contributed by atoms with Gasteiger partial charge in [-0.1, -0.05) is 24.3 Å². The third kappa shape index (κ3) is 3.37. The van der Waals surface area contributed by atoms with Gasteiger partial charge in [0.1, 0.15) is 5.75 Å². The number of aliphatic carboxylic acids is 1. The Hall–Kier alpha value is -2.60. The van der Waals surface area contributed by atoms with Gasteiger partial charge in [0, 0.05) is 25.9 Å². The highest BCUT2D eigenvalue weighted by Crippen LogP contribution is 2.28. The molecule has 1 aliphatic rings. The topological polar surface area (TPSA) is 87.1 Å². The maximum Gasteiger partial charge on any atom is 0.335 e. The molecule has 0 aliphatic carbocycles. The first kappa shape index (κ1) is 18.2. The highest BCUT2D eigenvalue weighted by Gasteiger charge is 2.41. The summed E-state index contributed by atoms with van der Waals surface area (Å²) in [5, 5.41) is 21.2. The minimum absolute atomic E-state index is 0.0506. The lowest BCUT2D eigenvalue weighted by atomic mass is 9.90. The number of hydrogen-bond donors (Lipinski definition) is 2. The molecule has 1 saturated heterocycles. The van der Waals surface area contributed by atoms with Gasteiger partial charge in [-0.25, -0.2) is 4.79 Å². The Morgan fingerprint density at radius 2 is 1.73 bits per heavy atom. The van der Waals surface area contributed by atoms with Crippen LogP contribution in [0.1, 0.15) is 31.2 Å². The fraction of sp³-hybridized carbons (Fsp3) is 0.400. The SMILES string of the molecule is COc1ccc2cc([C@H](C)C(=O)N3CCC(O)(C(=O)O)CC3)ccc2c1. The van der Waals surface area contributed by atoms with Crippen LogP contribution < -0.4 is 4.74 Å². The summed E-state index contributed by atoms with van der Waals surface area (Å²) in [6.07, 6.45) is 0.108. The number of carbonyl (C=O) groups is 2. The molecule has 1 heterocycles. The molecule has 26 heavy (non-hydrogen) atoms. The quantitative estimate of drug-likeness (QED) is 0.877. The summed E-state index contributed by atoms with van der Waals surface area (Å²) in [5.41, 5.74) is -0.811. The molecule has 6 nitrogen and oxygen atoms in total. The molecule has 1 atom stereocenters. The Morgan fingerprint density at radius 3 is 2.35 bits per heavy atom. The summed E-state index contributed by atoms with van der Waals surface area (Å²) in [7, 11) is 1.63. The van der Waals surface area contributed by atoms with Crippen molar-refractivity contribution in [2.45, 2.75) is 31.3 Å². The predicted octanol–water partition coefficient (Wildman–Crippen LogP) is 2.39. The summed E-state index contributed by atoms with van der Waals surface area (Å²) < 4.78 is 5.23. The molecule has 0 unspecified atom stereocenters. The van der Waals surface area contributed by atoms with Gasteiger partial charge >= 0.3 is 5.97 Å². The number of carboxylic acids is 1. The first-order valence-corrected chi connectivity index (χ1v) is 8.66. The van der Waals surface area contributed by atoms with Crippen LogP contribution in [0.3, 0.4) is 0 Å². The van der Waals surface area contributed by atoms with Gasteiger partial charge < -0.3 is 19.8 Å². The highest BCUT2D eigenvalue weighted by atomic mass is 16.5. The van der Waals surface area contributed by atoms with E-state index in [9.17, 15) is 14.7 Å². The van der Waals surface area contributed by atoms with E-state index in [4.69, 9.17) is 9.84 Å². The molecular weight excluding hydrogens is 334 g/mol. The van der Waals surface area contributed by atoms with Crippen molar-refractivity contribution in [2.24, 2.45) is 0 Å². The Balaban J connectivity index is 1.74. The number of carbonyl (C=O) groups excluding carboxylic acids is 1. The van der Waals surface area contributed by atoms with Gasteiger partial charge in [-0.15, -0.1) is 0 Å². The van der Waals surface area contributed by atoms with Gasteiger partial charge in [0.25, 0.3) is 0 Å². The zero-order valence-corrected chi connectivity index (χ0v) is 14.9. The molecule has 2 aromatic rings. The maximum atomic E-state index is 12.8. The smallest absolute Gasteiger partial charge is 0.335 e. The lowest BCUT2D eigenvalue weighted by Crippen LogP contribution is -2.51. The maximum absolute atomic E-state index is 12.8. The largest absolute Gasteiger partial charge is 0.497 e. The van der Waals surface area contributed by atoms with Crippen LogP contribution in [0.5, 0.6) is 5.75 Å². The molecule has 0 spiro atoms. The number of carboxylic acid groups (broad SMARTS) is 1. The molecule has 6 heteroatoms. The van der Waals surface area contributed by atoms with E-state index in [2.05, 4.69) is 0 Å². The fourth-order valence-corrected chi connectivity index (χ4v) is 3.37. The van der Waals surface area contributed by atoms with Gasteiger partial charge in [0.05, 0.1) is 13.0 Å². The molecule has 2 aromatic carbocycles. The molecule has 0 aromatic heterocycles. The van der Waals surface area contributed by atoms with Gasteiger partial charge in [0.2, 0.25) is 5.91 Å². The standard InChI is InChI=1S/C20H23NO5/c1-13(18(22)21-9-7-20(25,8-10-21)19(23)24)14-3-4-16-12-17(26-2)6-5-15(16)11-14/h3-6,11-13,25H,7-10H2,1-2H3,(H,23,24)/t13-/m0/s1. The molecule has 1 aliphatic heterocycles. The van der Waals surface area contributed by atoms with Gasteiger partial charge in [-0.05, 0) is 35.4 Å². The van der Waals surface area contributed by atoms with E-state index in [0.29, 0.717) is 0 Å². The minimum atomic E-state index is -1.72. The van der Waals surface area contributed by atoms with E-state index in [1.165, 1.54) is 0 Å². The van der Waals surface area contributed by atoms with E-state index in [1.54, 1.807) is 12.0 Å². The van der Waals surface area contributed by atoms with Crippen molar-refractivity contribution in [2.75, 3.05) is 20.2 Å². The van der Waals surface area contributed by atoms with Crippen LogP contribution in [-0.2, 0) is 9.59 Å². The van der Waals surface area contributed by atoms with Crippen molar-refractivity contribution in [3.05, 3.63) is 42.0 Å². The van der Waals surface area contributed by atoms with Crippen molar-refractivity contribution < 1.29 is 24.5 Å². The minimum Gasteiger partial charge on any atom is -0.497 e. The third-order valence-electron chi connectivity index (χ3n) is 5.24. The van der Waals surface area contributed by atoms with Crippen LogP contribution in [-0.4, -0.2) is 52.8 Å². The number of aliphatic hydroxyl groups is 1. The first-order valence-electron chi connectivity index (χ1n) is 8.66. The Labute approximate surface area is 152 Å². The zero-order chi connectivity index (χ0) is 18.9. The van der Waals surface area contributed by atoms with Crippen LogP contribution in [0.4, 0.5) is 0 Å². The lowest BCUT2D eigenvalue weighted by Gasteiger charge is -2.36. The lowest BCUT2D eigenvalue weighted by molar-refractivity contribution is -0.165. The second kappa shape index (κ2) is 6.96. The van der Waals surface area contributed by atoms with E-state index >= 15 is 0 Å². The molecule has 138 valence electrons. The zero-order valence-electron chi connectivity index (χ0n) is 14.9. The van der Waals surface area contributed by atoms with E-state index in [-0.39, 0.29) is 37.8 Å². The van der Waals surface area contributed by atoms with Crippen molar-refractivity contribution in [3.63, 3.8) is 0 Å². The number of nitrogens with zero attached hydrogens (tertiary/aromatic N) is 1. The molecule has 0 saturated carbocycles. The van der Waals surface area contributed by atoms with Crippen molar-refractivity contribution in [1.29, 1.82) is 0 Å². The Morgan fingerprint density at radius 1 is 1.12 bits per heavy atom. The number of piperidine rings is 1. The van der Waals surface area contributed by atoms with Crippen molar-refractivity contribution in [1.82, 2.24) is 4.90 Å². The van der Waals surface area contributed by atoms with Crippen LogP contribution in [0.2, 0.25) is 0 Å². The number of rotatable bonds is 4. The Bertz CT molecular complexity index is 839. The molecule has 0 bridgehead atoms. The second-order valence-electron chi connectivity index (χ2n) is 6.86. The molecule has 1 amide bonds. The number of likely N-dealkylation sites (tertiary alicyclic amines) is 1. The molecule has 3 rings (SSSR count). The fourth-order valence-electron chi connectivity index (χ4n) is 3.37. The molecular formula is C20H23NO5. The number of methoxy groups -OCH3 is 1. The predicted molar refractivity (Wildman–Crippen MR) is 97.3 cm³/mol. The summed E-state index contributed by atoms with van der Waals surface area (Å²) in [6.45, 7) is 2.35. The summed E-state index contributed by atoms with van der Waals surface area (Å²) in [4.78, 5) is 25.5. The third-order valence-corrected chi connectivity index (χ3v) is 5.24. The average Bonchev–Trinajstić information content (AvgIpc) is 2.66. The number of benzene rings is 2. The highest BCUT2D eigenvalue weighted by molar-refractivity contribution is 5.88. The van der Waals surface area contributed by atoms with Crippen LogP contribution in [0.15, 0.2) is 36.4 Å². The number of amides is 1. The van der Waals surface area contributed by atoms with Gasteiger partial charge in [-0.2, -0.15) is 0 Å². The number of ether oxygens (including phenoxy) is 1. The first-order chi connectivity index (χ1) is 12.3. The summed E-state index contributed by atoms with van der Waals surface area (Å²) >= 11 is 0.